The molecule has 0 saturated carbocycles. The summed E-state index contributed by atoms with van der Waals surface area (Å²) in [6.45, 7) is 2.26. The maximum Gasteiger partial charge on any atom is 0.178 e. The zero-order valence-electron chi connectivity index (χ0n) is 10.3. The first-order valence-electron chi connectivity index (χ1n) is 6.23. The Morgan fingerprint density at radius 1 is 1.33 bits per heavy atom. The number of halogens is 1. The van der Waals surface area contributed by atoms with Crippen molar-refractivity contribution in [3.63, 3.8) is 0 Å². The van der Waals surface area contributed by atoms with Crippen LogP contribution in [0.3, 0.4) is 0 Å². The molecule has 2 heterocycles. The van der Waals surface area contributed by atoms with Crippen LogP contribution in [0.25, 0.3) is 11.0 Å². The van der Waals surface area contributed by atoms with Crippen LogP contribution in [0.4, 0.5) is 0 Å². The predicted octanol–water partition coefficient (Wildman–Crippen LogP) is 3.62. The number of imidazole rings is 1. The van der Waals surface area contributed by atoms with Gasteiger partial charge in [-0.15, -0.1) is 0 Å². The van der Waals surface area contributed by atoms with E-state index >= 15 is 0 Å². The van der Waals surface area contributed by atoms with E-state index < -0.39 is 0 Å². The van der Waals surface area contributed by atoms with Crippen LogP contribution in [-0.4, -0.2) is 34.6 Å². The van der Waals surface area contributed by atoms with Gasteiger partial charge in [0.2, 0.25) is 0 Å². The maximum atomic E-state index is 6.02. The number of nitrogens with one attached hydrogen (secondary N) is 1. The summed E-state index contributed by atoms with van der Waals surface area (Å²) in [5, 5.41) is 0.745. The number of fused-ring (bicyclic) bond motifs is 1. The lowest BCUT2D eigenvalue weighted by Gasteiger charge is -2.30. The first-order valence-corrected chi connectivity index (χ1v) is 7.02. The van der Waals surface area contributed by atoms with Crippen molar-refractivity contribution in [1.29, 1.82) is 0 Å². The number of aromatic amines is 1. The normalized spacial score (nSPS) is 18.6. The number of hydrogen-bond donors (Lipinski definition) is 1. The summed E-state index contributed by atoms with van der Waals surface area (Å²) in [7, 11) is 2.17. The summed E-state index contributed by atoms with van der Waals surface area (Å²) >= 11 is 11.5. The molecule has 3 nitrogen and oxygen atoms in total. The summed E-state index contributed by atoms with van der Waals surface area (Å²) < 4.78 is 3.07. The van der Waals surface area contributed by atoms with Gasteiger partial charge in [-0.2, -0.15) is 0 Å². The maximum absolute atomic E-state index is 6.02. The average molecular weight is 282 g/mol. The molecule has 1 fully saturated rings. The highest BCUT2D eigenvalue weighted by Crippen LogP contribution is 2.28. The van der Waals surface area contributed by atoms with Crippen molar-refractivity contribution in [2.45, 2.75) is 18.9 Å². The molecule has 1 saturated heterocycles. The van der Waals surface area contributed by atoms with E-state index in [4.69, 9.17) is 23.8 Å². The minimum Gasteiger partial charge on any atom is -0.331 e. The molecule has 5 heteroatoms. The van der Waals surface area contributed by atoms with Crippen LogP contribution in [-0.2, 0) is 0 Å². The highest BCUT2D eigenvalue weighted by molar-refractivity contribution is 7.71. The summed E-state index contributed by atoms with van der Waals surface area (Å²) in [5.74, 6) is 0. The van der Waals surface area contributed by atoms with Crippen molar-refractivity contribution in [2.75, 3.05) is 20.1 Å². The number of rotatable bonds is 1. The smallest absolute Gasteiger partial charge is 0.178 e. The van der Waals surface area contributed by atoms with E-state index in [0.29, 0.717) is 6.04 Å². The Bertz CT molecular complexity index is 623. The standard InChI is InChI=1S/C13H16ClN3S/c1-16-6-4-10(5-7-16)17-12-3-2-9(14)8-11(12)15-13(17)18/h2-3,8,10H,4-7H2,1H3,(H,15,18). The Morgan fingerprint density at radius 2 is 2.06 bits per heavy atom. The van der Waals surface area contributed by atoms with Crippen LogP contribution in [0.15, 0.2) is 18.2 Å². The topological polar surface area (TPSA) is 24.0 Å². The first kappa shape index (κ1) is 12.2. The second-order valence-corrected chi connectivity index (χ2v) is 5.82. The van der Waals surface area contributed by atoms with Gasteiger partial charge < -0.3 is 14.5 Å². The van der Waals surface area contributed by atoms with Gasteiger partial charge in [0.25, 0.3) is 0 Å². The molecule has 96 valence electrons. The molecule has 0 atom stereocenters. The molecule has 2 aromatic rings. The number of hydrogen-bond acceptors (Lipinski definition) is 2. The lowest BCUT2D eigenvalue weighted by Crippen LogP contribution is -2.31. The second kappa shape index (κ2) is 4.68. The Morgan fingerprint density at radius 3 is 2.78 bits per heavy atom. The minimum atomic E-state index is 0.503. The van der Waals surface area contributed by atoms with Crippen molar-refractivity contribution < 1.29 is 0 Å². The Labute approximate surface area is 116 Å². The minimum absolute atomic E-state index is 0.503. The van der Waals surface area contributed by atoms with Gasteiger partial charge in [-0.05, 0) is 63.4 Å². The molecule has 18 heavy (non-hydrogen) atoms. The summed E-state index contributed by atoms with van der Waals surface area (Å²) in [6, 6.07) is 6.43. The first-order chi connectivity index (χ1) is 8.65. The largest absolute Gasteiger partial charge is 0.331 e. The molecule has 0 amide bonds. The zero-order chi connectivity index (χ0) is 12.7. The van der Waals surface area contributed by atoms with Crippen molar-refractivity contribution in [3.05, 3.63) is 28.0 Å². The number of likely N-dealkylation sites (tertiary alicyclic amines) is 1. The SMILES string of the molecule is CN1CCC(n2c(=S)[nH]c3cc(Cl)ccc32)CC1. The van der Waals surface area contributed by atoms with Crippen molar-refractivity contribution in [2.24, 2.45) is 0 Å². The molecule has 0 radical (unpaired) electrons. The van der Waals surface area contributed by atoms with E-state index in [0.717, 1.165) is 41.2 Å². The summed E-state index contributed by atoms with van der Waals surface area (Å²) in [5.41, 5.74) is 2.20. The Balaban J connectivity index is 2.06. The van der Waals surface area contributed by atoms with Crippen molar-refractivity contribution >= 4 is 34.9 Å². The van der Waals surface area contributed by atoms with Crippen LogP contribution in [0.5, 0.6) is 0 Å². The second-order valence-electron chi connectivity index (χ2n) is 5.00. The average Bonchev–Trinajstić information content (AvgIpc) is 2.65. The van der Waals surface area contributed by atoms with Gasteiger partial charge in [-0.3, -0.25) is 0 Å². The summed E-state index contributed by atoms with van der Waals surface area (Å²) in [6.07, 6.45) is 2.31. The Hall–Kier alpha value is -0.840. The van der Waals surface area contributed by atoms with E-state index in [1.807, 2.05) is 12.1 Å². The fourth-order valence-electron chi connectivity index (χ4n) is 2.72. The van der Waals surface area contributed by atoms with E-state index in [1.54, 1.807) is 0 Å². The molecule has 1 N–H and O–H groups in total. The molecule has 1 aromatic carbocycles. The number of nitrogens with zero attached hydrogens (tertiary/aromatic N) is 2. The molecule has 1 aliphatic heterocycles. The number of H-pyrrole nitrogens is 1. The van der Waals surface area contributed by atoms with Crippen molar-refractivity contribution in [3.8, 4) is 0 Å². The number of benzene rings is 1. The lowest BCUT2D eigenvalue weighted by atomic mass is 10.1. The predicted molar refractivity (Wildman–Crippen MR) is 77.9 cm³/mol. The van der Waals surface area contributed by atoms with Gasteiger partial charge in [0.05, 0.1) is 11.0 Å². The fraction of sp³-hybridized carbons (Fsp3) is 0.462. The quantitative estimate of drug-likeness (QED) is 0.807. The van der Waals surface area contributed by atoms with E-state index in [1.165, 1.54) is 5.52 Å². The van der Waals surface area contributed by atoms with Gasteiger partial charge >= 0.3 is 0 Å². The Kier molecular flexibility index (Phi) is 3.18. The zero-order valence-corrected chi connectivity index (χ0v) is 11.9. The molecule has 0 spiro atoms. The number of piperidine rings is 1. The van der Waals surface area contributed by atoms with Gasteiger partial charge in [0, 0.05) is 11.1 Å². The van der Waals surface area contributed by atoms with Gasteiger partial charge in [-0.1, -0.05) is 11.6 Å². The molecule has 0 aliphatic carbocycles. The van der Waals surface area contributed by atoms with Crippen molar-refractivity contribution in [1.82, 2.24) is 14.5 Å². The third-order valence-electron chi connectivity index (χ3n) is 3.73. The number of aromatic nitrogens is 2. The van der Waals surface area contributed by atoms with Gasteiger partial charge in [0.1, 0.15) is 0 Å². The molecular formula is C13H16ClN3S. The third-order valence-corrected chi connectivity index (χ3v) is 4.27. The van der Waals surface area contributed by atoms with Gasteiger partial charge in [-0.25, -0.2) is 0 Å². The molecular weight excluding hydrogens is 266 g/mol. The molecule has 3 rings (SSSR count). The van der Waals surface area contributed by atoms with E-state index in [9.17, 15) is 0 Å². The third kappa shape index (κ3) is 2.09. The van der Waals surface area contributed by atoms with Crippen LogP contribution in [0.2, 0.25) is 5.02 Å². The highest BCUT2D eigenvalue weighted by atomic mass is 35.5. The van der Waals surface area contributed by atoms with Crippen LogP contribution >= 0.6 is 23.8 Å². The molecule has 1 aliphatic rings. The molecule has 0 bridgehead atoms. The summed E-state index contributed by atoms with van der Waals surface area (Å²) in [4.78, 5) is 5.62. The lowest BCUT2D eigenvalue weighted by molar-refractivity contribution is 0.223. The van der Waals surface area contributed by atoms with E-state index in [2.05, 4.69) is 27.6 Å². The molecule has 0 unspecified atom stereocenters. The van der Waals surface area contributed by atoms with Gasteiger partial charge in [0.15, 0.2) is 4.77 Å². The fourth-order valence-corrected chi connectivity index (χ4v) is 3.25. The van der Waals surface area contributed by atoms with Crippen LogP contribution in [0.1, 0.15) is 18.9 Å². The molecule has 1 aromatic heterocycles. The highest BCUT2D eigenvalue weighted by Gasteiger charge is 2.20. The monoisotopic (exact) mass is 281 g/mol. The van der Waals surface area contributed by atoms with Crippen LogP contribution < -0.4 is 0 Å². The van der Waals surface area contributed by atoms with Crippen LogP contribution in [0, 0.1) is 4.77 Å². The van der Waals surface area contributed by atoms with E-state index in [-0.39, 0.29) is 0 Å².